The Morgan fingerprint density at radius 2 is 2.07 bits per heavy atom. The Morgan fingerprint density at radius 1 is 1.18 bits per heavy atom. The van der Waals surface area contributed by atoms with Crippen LogP contribution in [0.5, 0.6) is 0 Å². The second-order valence-electron chi connectivity index (χ2n) is 7.91. The predicted molar refractivity (Wildman–Crippen MR) is 104 cm³/mol. The molecule has 3 aromatic rings. The second-order valence-corrected chi connectivity index (χ2v) is 7.91. The Balaban J connectivity index is 1.47. The molecule has 1 fully saturated rings. The van der Waals surface area contributed by atoms with Gasteiger partial charge in [-0.3, -0.25) is 4.79 Å². The molecule has 28 heavy (non-hydrogen) atoms. The molecule has 1 spiro atoms. The van der Waals surface area contributed by atoms with E-state index in [9.17, 15) is 9.18 Å². The van der Waals surface area contributed by atoms with Crippen LogP contribution >= 0.6 is 0 Å². The molecule has 1 aliphatic carbocycles. The van der Waals surface area contributed by atoms with Crippen molar-refractivity contribution in [3.05, 3.63) is 65.1 Å². The van der Waals surface area contributed by atoms with E-state index in [2.05, 4.69) is 9.97 Å². The number of hydrogen-bond acceptors (Lipinski definition) is 4. The molecule has 0 bridgehead atoms. The molecule has 6 heteroatoms. The highest BCUT2D eigenvalue weighted by atomic mass is 19.1. The van der Waals surface area contributed by atoms with Gasteiger partial charge in [-0.15, -0.1) is 0 Å². The minimum atomic E-state index is -0.404. The molecule has 5 nitrogen and oxygen atoms in total. The van der Waals surface area contributed by atoms with Crippen LogP contribution < -0.4 is 0 Å². The van der Waals surface area contributed by atoms with Gasteiger partial charge in [-0.2, -0.15) is 0 Å². The minimum absolute atomic E-state index is 0.0982. The van der Waals surface area contributed by atoms with Gasteiger partial charge in [0, 0.05) is 30.1 Å². The van der Waals surface area contributed by atoms with Gasteiger partial charge in [0.2, 0.25) is 0 Å². The number of pyridine rings is 1. The molecule has 1 aliphatic heterocycles. The number of hydrogen-bond donors (Lipinski definition) is 0. The first kappa shape index (κ1) is 17.2. The van der Waals surface area contributed by atoms with Crippen LogP contribution in [0.25, 0.3) is 10.9 Å². The number of fused-ring (bicyclic) bond motifs is 3. The molecule has 2 aromatic heterocycles. The third-order valence-corrected chi connectivity index (χ3v) is 6.11. The number of rotatable bonds is 1. The first-order chi connectivity index (χ1) is 13.6. The molecule has 0 N–H and O–H groups in total. The summed E-state index contributed by atoms with van der Waals surface area (Å²) in [6.07, 6.45) is 5.83. The molecule has 3 heterocycles. The zero-order chi connectivity index (χ0) is 19.3. The number of benzene rings is 1. The van der Waals surface area contributed by atoms with Crippen LogP contribution in [-0.2, 0) is 11.8 Å². The molecule has 2 aliphatic rings. The summed E-state index contributed by atoms with van der Waals surface area (Å²) in [6, 6.07) is 8.28. The van der Waals surface area contributed by atoms with E-state index in [0.717, 1.165) is 37.2 Å². The van der Waals surface area contributed by atoms with Gasteiger partial charge >= 0.3 is 0 Å². The molecule has 1 aromatic carbocycles. The van der Waals surface area contributed by atoms with Gasteiger partial charge in [0.05, 0.1) is 5.69 Å². The third-order valence-electron chi connectivity index (χ3n) is 6.11. The Morgan fingerprint density at radius 3 is 2.96 bits per heavy atom. The molecular formula is C22H21FN4O. The van der Waals surface area contributed by atoms with Crippen LogP contribution in [0.2, 0.25) is 0 Å². The number of para-hydroxylation sites is 1. The highest BCUT2D eigenvalue weighted by molar-refractivity contribution is 5.95. The highest BCUT2D eigenvalue weighted by Crippen LogP contribution is 2.44. The number of aromatic nitrogens is 3. The maximum Gasteiger partial charge on any atom is 0.272 e. The van der Waals surface area contributed by atoms with E-state index in [1.165, 1.54) is 11.6 Å². The minimum Gasteiger partial charge on any atom is -0.336 e. The van der Waals surface area contributed by atoms with Crippen molar-refractivity contribution >= 4 is 16.8 Å². The first-order valence-electron chi connectivity index (χ1n) is 9.73. The zero-order valence-electron chi connectivity index (χ0n) is 15.8. The topological polar surface area (TPSA) is 59.0 Å². The van der Waals surface area contributed by atoms with Crippen LogP contribution in [0, 0.1) is 12.7 Å². The largest absolute Gasteiger partial charge is 0.336 e. The SMILES string of the molecule is Cc1ncc2c(n1)C1(CCCN(C(=O)c3ccc4cccc(F)c4n3)C1)CC2. The number of carbonyl (C=O) groups is 1. The van der Waals surface area contributed by atoms with Gasteiger partial charge < -0.3 is 4.90 Å². The van der Waals surface area contributed by atoms with Crippen molar-refractivity contribution < 1.29 is 9.18 Å². The summed E-state index contributed by atoms with van der Waals surface area (Å²) >= 11 is 0. The molecule has 1 unspecified atom stereocenters. The van der Waals surface area contributed by atoms with Crippen LogP contribution in [-0.4, -0.2) is 38.8 Å². The quantitative estimate of drug-likeness (QED) is 0.651. The van der Waals surface area contributed by atoms with Gasteiger partial charge in [0.1, 0.15) is 22.9 Å². The lowest BCUT2D eigenvalue weighted by Gasteiger charge is -2.40. The lowest BCUT2D eigenvalue weighted by atomic mass is 9.77. The smallest absolute Gasteiger partial charge is 0.272 e. The summed E-state index contributed by atoms with van der Waals surface area (Å²) in [4.78, 5) is 28.4. The number of piperidine rings is 1. The van der Waals surface area contributed by atoms with Crippen LogP contribution in [0.15, 0.2) is 36.5 Å². The average molecular weight is 376 g/mol. The molecule has 0 radical (unpaired) electrons. The second kappa shape index (κ2) is 6.33. The maximum absolute atomic E-state index is 14.1. The maximum atomic E-state index is 14.1. The Bertz CT molecular complexity index is 1100. The summed E-state index contributed by atoms with van der Waals surface area (Å²) in [7, 11) is 0. The van der Waals surface area contributed by atoms with E-state index in [-0.39, 0.29) is 16.8 Å². The number of halogens is 1. The van der Waals surface area contributed by atoms with Crippen molar-refractivity contribution in [2.24, 2.45) is 0 Å². The zero-order valence-corrected chi connectivity index (χ0v) is 15.8. The third kappa shape index (κ3) is 2.66. The van der Waals surface area contributed by atoms with Crippen molar-refractivity contribution in [3.8, 4) is 0 Å². The van der Waals surface area contributed by atoms with Crippen LogP contribution in [0.1, 0.15) is 46.8 Å². The van der Waals surface area contributed by atoms with E-state index in [1.54, 1.807) is 24.3 Å². The fraction of sp³-hybridized carbons (Fsp3) is 0.364. The van der Waals surface area contributed by atoms with Gasteiger partial charge in [-0.1, -0.05) is 18.2 Å². The number of aryl methyl sites for hydroxylation is 2. The standard InChI is InChI=1S/C22H21FN4O/c1-14-24-12-16-8-10-22(20(16)25-14)9-3-11-27(13-22)21(28)18-7-6-15-4-2-5-17(23)19(15)26-18/h2,4-7,12H,3,8-11,13H2,1H3. The van der Waals surface area contributed by atoms with Crippen molar-refractivity contribution in [1.82, 2.24) is 19.9 Å². The van der Waals surface area contributed by atoms with Crippen LogP contribution in [0.4, 0.5) is 4.39 Å². The van der Waals surface area contributed by atoms with Crippen molar-refractivity contribution in [2.45, 2.75) is 38.0 Å². The summed E-state index contributed by atoms with van der Waals surface area (Å²) < 4.78 is 14.1. The molecule has 142 valence electrons. The fourth-order valence-corrected chi connectivity index (χ4v) is 4.72. The van der Waals surface area contributed by atoms with Gasteiger partial charge in [-0.25, -0.2) is 19.3 Å². The van der Waals surface area contributed by atoms with E-state index >= 15 is 0 Å². The van der Waals surface area contributed by atoms with Crippen molar-refractivity contribution in [3.63, 3.8) is 0 Å². The lowest BCUT2D eigenvalue weighted by molar-refractivity contribution is 0.0628. The van der Waals surface area contributed by atoms with Gasteiger partial charge in [-0.05, 0) is 50.3 Å². The van der Waals surface area contributed by atoms with E-state index in [1.807, 2.05) is 18.0 Å². The molecule has 5 rings (SSSR count). The Kier molecular flexibility index (Phi) is 3.89. The first-order valence-corrected chi connectivity index (χ1v) is 9.73. The number of amides is 1. The predicted octanol–water partition coefficient (Wildman–Crippen LogP) is 3.59. The summed E-state index contributed by atoms with van der Waals surface area (Å²) in [6.45, 7) is 3.23. The Hall–Kier alpha value is -2.89. The van der Waals surface area contributed by atoms with Gasteiger partial charge in [0.15, 0.2) is 0 Å². The van der Waals surface area contributed by atoms with Crippen molar-refractivity contribution in [1.29, 1.82) is 0 Å². The molecule has 1 atom stereocenters. The van der Waals surface area contributed by atoms with Crippen LogP contribution in [0.3, 0.4) is 0 Å². The number of nitrogens with zero attached hydrogens (tertiary/aromatic N) is 4. The summed E-state index contributed by atoms with van der Waals surface area (Å²) in [5.41, 5.74) is 2.75. The molecule has 0 saturated carbocycles. The molecule has 1 saturated heterocycles. The molecule has 1 amide bonds. The normalized spacial score (nSPS) is 21.3. The molecular weight excluding hydrogens is 355 g/mol. The van der Waals surface area contributed by atoms with Crippen molar-refractivity contribution in [2.75, 3.05) is 13.1 Å². The van der Waals surface area contributed by atoms with Gasteiger partial charge in [0.25, 0.3) is 5.91 Å². The Labute approximate surface area is 162 Å². The van der Waals surface area contributed by atoms with E-state index in [4.69, 9.17) is 4.98 Å². The summed E-state index contributed by atoms with van der Waals surface area (Å²) in [5, 5.41) is 0.698. The monoisotopic (exact) mass is 376 g/mol. The fourth-order valence-electron chi connectivity index (χ4n) is 4.72. The number of likely N-dealkylation sites (tertiary alicyclic amines) is 1. The lowest BCUT2D eigenvalue weighted by Crippen LogP contribution is -2.48. The summed E-state index contributed by atoms with van der Waals surface area (Å²) in [5.74, 6) is 0.234. The van der Waals surface area contributed by atoms with E-state index < -0.39 is 5.82 Å². The average Bonchev–Trinajstić information content (AvgIpc) is 3.04. The number of carbonyl (C=O) groups excluding carboxylic acids is 1. The highest BCUT2D eigenvalue weighted by Gasteiger charge is 2.44. The van der Waals surface area contributed by atoms with E-state index in [0.29, 0.717) is 24.2 Å².